The highest BCUT2D eigenvalue weighted by Gasteiger charge is 2.26. The summed E-state index contributed by atoms with van der Waals surface area (Å²) in [5, 5.41) is 27.6. The van der Waals surface area contributed by atoms with Crippen molar-refractivity contribution in [2.24, 2.45) is 0 Å². The number of nitrogens with zero attached hydrogens (tertiary/aromatic N) is 12. The number of hydrogen-bond donors (Lipinski definition) is 0. The quantitative estimate of drug-likeness (QED) is 0.147. The van der Waals surface area contributed by atoms with Crippen molar-refractivity contribution in [2.45, 2.75) is 78.3 Å². The molecule has 8 aromatic rings. The lowest BCUT2D eigenvalue weighted by Crippen LogP contribution is -2.17. The minimum Gasteiger partial charge on any atom is -0.306 e. The number of benzene rings is 4. The molecular weight excluding hydrogens is 793 g/mol. The van der Waals surface area contributed by atoms with Crippen molar-refractivity contribution in [3.8, 4) is 23.5 Å². The van der Waals surface area contributed by atoms with E-state index in [1.165, 1.54) is 22.3 Å². The van der Waals surface area contributed by atoms with Crippen molar-refractivity contribution >= 4 is 24.3 Å². The van der Waals surface area contributed by atoms with Gasteiger partial charge in [0, 0.05) is 48.7 Å². The number of rotatable bonds is 8. The fraction of sp³-hybridized carbons (Fsp3) is 0.231. The summed E-state index contributed by atoms with van der Waals surface area (Å²) < 4.78 is 8.16. The topological polar surface area (TPSA) is 145 Å². The van der Waals surface area contributed by atoms with Crippen molar-refractivity contribution in [3.05, 3.63) is 189 Å². The Balaban J connectivity index is 0.000000162. The zero-order chi connectivity index (χ0) is 44.2. The molecule has 0 saturated heterocycles. The Bertz CT molecular complexity index is 2880. The molecule has 0 fully saturated rings. The van der Waals surface area contributed by atoms with Crippen LogP contribution >= 0.6 is 0 Å². The number of imidazole rings is 2. The molecule has 2 atom stereocenters. The van der Waals surface area contributed by atoms with E-state index in [0.29, 0.717) is 11.1 Å². The van der Waals surface area contributed by atoms with Gasteiger partial charge in [0.1, 0.15) is 11.6 Å². The summed E-state index contributed by atoms with van der Waals surface area (Å²) >= 11 is 0. The Kier molecular flexibility index (Phi) is 11.8. The molecule has 0 radical (unpaired) electrons. The summed E-state index contributed by atoms with van der Waals surface area (Å²) in [6.45, 7) is 9.98. The van der Waals surface area contributed by atoms with Crippen LogP contribution in [0.1, 0.15) is 117 Å². The summed E-state index contributed by atoms with van der Waals surface area (Å²) in [7, 11) is 0. The second kappa shape index (κ2) is 18.2. The van der Waals surface area contributed by atoms with Gasteiger partial charge in [-0.25, -0.2) is 29.3 Å². The summed E-state index contributed by atoms with van der Waals surface area (Å²) in [5.41, 5.74) is 12.6. The van der Waals surface area contributed by atoms with Crippen LogP contribution in [0.2, 0.25) is 0 Å². The second-order valence-corrected chi connectivity index (χ2v) is 16.6. The first kappa shape index (κ1) is 41.4. The van der Waals surface area contributed by atoms with E-state index < -0.39 is 0 Å². The molecule has 0 unspecified atom stereocenters. The summed E-state index contributed by atoms with van der Waals surface area (Å²) in [4.78, 5) is 18.3. The fourth-order valence-electron chi connectivity index (χ4n) is 8.68. The molecule has 6 heterocycles. The Morgan fingerprint density at radius 1 is 0.547 bits per heavy atom. The number of nitriles is 2. The molecular formula is C52H48N12. The predicted molar refractivity (Wildman–Crippen MR) is 248 cm³/mol. The first-order valence-electron chi connectivity index (χ1n) is 21.7. The van der Waals surface area contributed by atoms with E-state index >= 15 is 0 Å². The number of fused-ring (bicyclic) bond motifs is 2. The molecule has 2 aliphatic rings. The Labute approximate surface area is 373 Å². The molecule has 12 heteroatoms. The smallest absolute Gasteiger partial charge is 0.174 e. The Morgan fingerprint density at radius 3 is 1.33 bits per heavy atom. The van der Waals surface area contributed by atoms with E-state index in [9.17, 15) is 0 Å². The van der Waals surface area contributed by atoms with Crippen molar-refractivity contribution in [1.29, 1.82) is 10.5 Å². The van der Waals surface area contributed by atoms with Crippen LogP contribution in [0.5, 0.6) is 0 Å². The lowest BCUT2D eigenvalue weighted by atomic mass is 9.91. The molecule has 0 aliphatic carbocycles. The first-order chi connectivity index (χ1) is 31.2. The van der Waals surface area contributed by atoms with Gasteiger partial charge in [0.05, 0.1) is 47.3 Å². The van der Waals surface area contributed by atoms with Gasteiger partial charge >= 0.3 is 0 Å². The minimum atomic E-state index is 0.214. The molecule has 0 N–H and O–H groups in total. The molecule has 10 rings (SSSR count). The van der Waals surface area contributed by atoms with Gasteiger partial charge in [-0.1, -0.05) is 48.6 Å². The van der Waals surface area contributed by atoms with Gasteiger partial charge in [0.25, 0.3) is 0 Å². The van der Waals surface area contributed by atoms with Crippen LogP contribution in [0.3, 0.4) is 0 Å². The third-order valence-electron chi connectivity index (χ3n) is 11.9. The minimum absolute atomic E-state index is 0.214. The highest BCUT2D eigenvalue weighted by molar-refractivity contribution is 5.69. The molecule has 64 heavy (non-hydrogen) atoms. The summed E-state index contributed by atoms with van der Waals surface area (Å²) in [6, 6.07) is 32.8. The number of aryl methyl sites for hydroxylation is 6. The average molecular weight is 841 g/mol. The van der Waals surface area contributed by atoms with Crippen LogP contribution in [-0.4, -0.2) is 48.6 Å². The maximum Gasteiger partial charge on any atom is 0.174 e. The molecule has 12 nitrogen and oxygen atoms in total. The van der Waals surface area contributed by atoms with E-state index in [4.69, 9.17) is 30.7 Å². The van der Waals surface area contributed by atoms with Gasteiger partial charge in [0.2, 0.25) is 0 Å². The summed E-state index contributed by atoms with van der Waals surface area (Å²) in [5.74, 6) is 3.89. The third-order valence-corrected chi connectivity index (χ3v) is 11.9. The fourth-order valence-corrected chi connectivity index (χ4v) is 8.68. The van der Waals surface area contributed by atoms with E-state index in [2.05, 4.69) is 84.5 Å². The van der Waals surface area contributed by atoms with Crippen LogP contribution in [0.15, 0.2) is 110 Å². The monoisotopic (exact) mass is 840 g/mol. The maximum atomic E-state index is 9.06. The van der Waals surface area contributed by atoms with E-state index in [-0.39, 0.29) is 11.8 Å². The van der Waals surface area contributed by atoms with Gasteiger partial charge in [0.15, 0.2) is 11.6 Å². The van der Waals surface area contributed by atoms with Crippen molar-refractivity contribution in [1.82, 2.24) is 48.6 Å². The second-order valence-electron chi connectivity index (χ2n) is 16.6. The van der Waals surface area contributed by atoms with Gasteiger partial charge in [-0.3, -0.25) is 0 Å². The van der Waals surface area contributed by atoms with Crippen LogP contribution in [-0.2, 0) is 13.1 Å². The predicted octanol–water partition coefficient (Wildman–Crippen LogP) is 10.1. The SMILES string of the molecule is Cc1cn(-c2ccc(/C=C/c3nc4n(n3)CCC[C@@H]4c3ccc(C#N)cc3)cc2C)cn1.Cc1cn(-c2ccc(/C=C/c3nc4n(n3)CCC[C@H]4c3ccc(C#N)cc3)cc2C)cn1. The lowest BCUT2D eigenvalue weighted by molar-refractivity contribution is 0.445. The average Bonchev–Trinajstić information content (AvgIpc) is 4.14. The molecule has 0 amide bonds. The van der Waals surface area contributed by atoms with E-state index in [1.54, 1.807) is 0 Å². The van der Waals surface area contributed by atoms with E-state index in [0.717, 1.165) is 96.0 Å². The van der Waals surface area contributed by atoms with E-state index in [1.807, 2.05) is 118 Å². The van der Waals surface area contributed by atoms with Crippen LogP contribution in [0.4, 0.5) is 0 Å². The highest BCUT2D eigenvalue weighted by atomic mass is 15.4. The van der Waals surface area contributed by atoms with Crippen molar-refractivity contribution in [2.75, 3.05) is 0 Å². The normalized spacial score (nSPS) is 15.6. The van der Waals surface area contributed by atoms with Gasteiger partial charge < -0.3 is 9.13 Å². The first-order valence-corrected chi connectivity index (χ1v) is 21.7. The Morgan fingerprint density at radius 2 is 0.969 bits per heavy atom. The number of hydrogen-bond acceptors (Lipinski definition) is 8. The molecule has 4 aromatic carbocycles. The maximum absolute atomic E-state index is 9.06. The van der Waals surface area contributed by atoms with Crippen molar-refractivity contribution < 1.29 is 0 Å². The zero-order valence-corrected chi connectivity index (χ0v) is 36.5. The Hall–Kier alpha value is -7.96. The molecule has 0 saturated carbocycles. The molecule has 0 bridgehead atoms. The largest absolute Gasteiger partial charge is 0.306 e. The molecule has 316 valence electrons. The standard InChI is InChI=1S/2C26H24N6/c2*1-18-14-20(7-11-24(18)31-16-19(2)28-17-31)8-12-25-29-26-23(4-3-13-32(26)30-25)22-9-5-21(15-27)6-10-22/h2*5-12,14,16-17,23H,3-4,13H2,1-2H3/b2*12-8+/t2*23-/m10/s1. The zero-order valence-electron chi connectivity index (χ0n) is 36.5. The summed E-state index contributed by atoms with van der Waals surface area (Å²) in [6.07, 6.45) is 20.1. The highest BCUT2D eigenvalue weighted by Crippen LogP contribution is 2.34. The molecule has 2 aliphatic heterocycles. The lowest BCUT2D eigenvalue weighted by Gasteiger charge is -2.22. The molecule has 4 aromatic heterocycles. The van der Waals surface area contributed by atoms with Gasteiger partial charge in [-0.15, -0.1) is 0 Å². The van der Waals surface area contributed by atoms with Crippen LogP contribution in [0, 0.1) is 50.4 Å². The van der Waals surface area contributed by atoms with Crippen LogP contribution < -0.4 is 0 Å². The van der Waals surface area contributed by atoms with Gasteiger partial charge in [-0.05, 0) is 147 Å². The van der Waals surface area contributed by atoms with Crippen LogP contribution in [0.25, 0.3) is 35.7 Å². The van der Waals surface area contributed by atoms with Crippen molar-refractivity contribution in [3.63, 3.8) is 0 Å². The van der Waals surface area contributed by atoms with Gasteiger partial charge in [-0.2, -0.15) is 20.7 Å². The molecule has 0 spiro atoms. The number of aromatic nitrogens is 10. The third kappa shape index (κ3) is 8.99.